The molecule has 0 fully saturated rings. The lowest BCUT2D eigenvalue weighted by molar-refractivity contribution is -0.123. The van der Waals surface area contributed by atoms with E-state index in [1.165, 1.54) is 0 Å². The van der Waals surface area contributed by atoms with Crippen LogP contribution in [0.3, 0.4) is 0 Å². The fraction of sp³-hybridized carbons (Fsp3) is 0.607. The van der Waals surface area contributed by atoms with Crippen molar-refractivity contribution in [2.45, 2.75) is 105 Å². The summed E-state index contributed by atoms with van der Waals surface area (Å²) in [5.74, 6) is 0.312. The van der Waals surface area contributed by atoms with Gasteiger partial charge in [0.1, 0.15) is 5.82 Å². The van der Waals surface area contributed by atoms with Crippen LogP contribution in [0.15, 0.2) is 28.8 Å². The minimum absolute atomic E-state index is 0.116. The number of benzene rings is 1. The largest absolute Gasteiger partial charge is 0.372 e. The van der Waals surface area contributed by atoms with Gasteiger partial charge in [-0.1, -0.05) is 84.6 Å². The molecule has 0 heterocycles. The molecule has 2 nitrogen and oxygen atoms in total. The molecular formula is C28H42BrClFNO. The Morgan fingerprint density at radius 1 is 1.24 bits per heavy atom. The zero-order chi connectivity index (χ0) is 25.2. The molecule has 1 N–H and O–H groups in total. The van der Waals surface area contributed by atoms with Crippen molar-refractivity contribution >= 4 is 39.0 Å². The Labute approximate surface area is 214 Å². The van der Waals surface area contributed by atoms with Gasteiger partial charge >= 0.3 is 0 Å². The van der Waals surface area contributed by atoms with E-state index in [0.29, 0.717) is 29.3 Å². The van der Waals surface area contributed by atoms with Gasteiger partial charge in [-0.25, -0.2) is 4.39 Å². The molecule has 2 unspecified atom stereocenters. The number of rotatable bonds is 15. The molecule has 1 rings (SSSR count). The molecular weight excluding hydrogens is 501 g/mol. The highest BCUT2D eigenvalue weighted by Gasteiger charge is 2.36. The number of carbonyl (C=O) groups is 1. The van der Waals surface area contributed by atoms with Gasteiger partial charge in [-0.2, -0.15) is 0 Å². The second-order valence-corrected chi connectivity index (χ2v) is 10.4. The third kappa shape index (κ3) is 7.68. The molecule has 2 atom stereocenters. The maximum absolute atomic E-state index is 15.4. The van der Waals surface area contributed by atoms with Crippen LogP contribution in [0.4, 0.5) is 4.39 Å². The van der Waals surface area contributed by atoms with Gasteiger partial charge in [-0.15, -0.1) is 0 Å². The van der Waals surface area contributed by atoms with Crippen LogP contribution in [0.25, 0.3) is 5.70 Å². The minimum Gasteiger partial charge on any atom is -0.372 e. The Balaban J connectivity index is 3.84. The smallest absolute Gasteiger partial charge is 0.155 e. The van der Waals surface area contributed by atoms with Crippen molar-refractivity contribution in [3.8, 4) is 0 Å². The number of carbonyl (C=O) groups excluding carboxylic acids is 1. The Hall–Kier alpha value is -1.13. The first-order valence-electron chi connectivity index (χ1n) is 12.4. The standard InChI is InChI=1S/C28H42BrClFNO/c1-8-13-21(12-5)27(23-18-24(30)25(29)26(31)22(23)14-9-2)32-28(16-10-3,20(7)33)17-15-19(6)11-4/h12,18-19,32H,5,8-11,13-17H2,1-4,6-7H3/b27-21-. The van der Waals surface area contributed by atoms with Gasteiger partial charge in [0.05, 0.1) is 15.0 Å². The SMILES string of the molecule is C=C/C(CCC)=C(/NC(CCC)(CCC(C)CC)C(C)=O)c1cc(Cl)c(Br)c(F)c1CCC. The van der Waals surface area contributed by atoms with Gasteiger partial charge < -0.3 is 5.32 Å². The average Bonchev–Trinajstić information content (AvgIpc) is 2.79. The highest BCUT2D eigenvalue weighted by Crippen LogP contribution is 2.37. The molecule has 0 saturated heterocycles. The summed E-state index contributed by atoms with van der Waals surface area (Å²) in [5.41, 5.74) is 2.41. The zero-order valence-corrected chi connectivity index (χ0v) is 23.7. The summed E-state index contributed by atoms with van der Waals surface area (Å²) in [4.78, 5) is 13.2. The Morgan fingerprint density at radius 3 is 2.39 bits per heavy atom. The summed E-state index contributed by atoms with van der Waals surface area (Å²) in [6.07, 6.45) is 9.24. The van der Waals surface area contributed by atoms with Crippen LogP contribution in [0.1, 0.15) is 104 Å². The summed E-state index contributed by atoms with van der Waals surface area (Å²) < 4.78 is 15.7. The van der Waals surface area contributed by atoms with Gasteiger partial charge in [0.25, 0.3) is 0 Å². The first kappa shape index (κ1) is 29.9. The highest BCUT2D eigenvalue weighted by atomic mass is 79.9. The number of halogens is 3. The summed E-state index contributed by atoms with van der Waals surface area (Å²) >= 11 is 9.76. The topological polar surface area (TPSA) is 29.1 Å². The van der Waals surface area contributed by atoms with E-state index in [1.54, 1.807) is 6.92 Å². The maximum atomic E-state index is 15.4. The van der Waals surface area contributed by atoms with Crippen molar-refractivity contribution in [1.82, 2.24) is 5.32 Å². The first-order valence-corrected chi connectivity index (χ1v) is 13.6. The van der Waals surface area contributed by atoms with Crippen LogP contribution in [0, 0.1) is 11.7 Å². The lowest BCUT2D eigenvalue weighted by atomic mass is 9.81. The van der Waals surface area contributed by atoms with Gasteiger partial charge in [0.2, 0.25) is 0 Å². The van der Waals surface area contributed by atoms with Crippen molar-refractivity contribution in [3.05, 3.63) is 50.7 Å². The molecule has 0 amide bonds. The molecule has 0 radical (unpaired) electrons. The van der Waals surface area contributed by atoms with E-state index >= 15 is 4.39 Å². The monoisotopic (exact) mass is 541 g/mol. The fourth-order valence-corrected chi connectivity index (χ4v) is 4.87. The second kappa shape index (κ2) is 14.3. The van der Waals surface area contributed by atoms with Crippen LogP contribution in [-0.4, -0.2) is 11.3 Å². The van der Waals surface area contributed by atoms with Crippen LogP contribution < -0.4 is 5.32 Å². The highest BCUT2D eigenvalue weighted by molar-refractivity contribution is 9.10. The van der Waals surface area contributed by atoms with Crippen LogP contribution in [-0.2, 0) is 11.2 Å². The zero-order valence-electron chi connectivity index (χ0n) is 21.3. The molecule has 0 spiro atoms. The normalized spacial score (nSPS) is 14.9. The molecule has 0 aliphatic rings. The van der Waals surface area contributed by atoms with Crippen molar-refractivity contribution in [3.63, 3.8) is 0 Å². The predicted octanol–water partition coefficient (Wildman–Crippen LogP) is 9.44. The molecule has 1 aromatic rings. The fourth-order valence-electron chi connectivity index (χ4n) is 4.32. The van der Waals surface area contributed by atoms with E-state index in [1.807, 2.05) is 19.1 Å². The molecule has 0 bridgehead atoms. The van der Waals surface area contributed by atoms with E-state index in [0.717, 1.165) is 61.8 Å². The van der Waals surface area contributed by atoms with E-state index in [-0.39, 0.29) is 16.1 Å². The van der Waals surface area contributed by atoms with Crippen molar-refractivity contribution < 1.29 is 9.18 Å². The minimum atomic E-state index is -0.713. The quantitative estimate of drug-likeness (QED) is 0.177. The number of hydrogen-bond acceptors (Lipinski definition) is 2. The van der Waals surface area contributed by atoms with Crippen LogP contribution >= 0.6 is 27.5 Å². The number of ketones is 1. The van der Waals surface area contributed by atoms with Crippen LogP contribution in [0.5, 0.6) is 0 Å². The van der Waals surface area contributed by atoms with E-state index in [4.69, 9.17) is 11.6 Å². The van der Waals surface area contributed by atoms with Crippen LogP contribution in [0.2, 0.25) is 5.02 Å². The molecule has 5 heteroatoms. The summed E-state index contributed by atoms with van der Waals surface area (Å²) in [6.45, 7) is 16.4. The van der Waals surface area contributed by atoms with Gasteiger partial charge in [-0.3, -0.25) is 4.79 Å². The molecule has 33 heavy (non-hydrogen) atoms. The lowest BCUT2D eigenvalue weighted by Gasteiger charge is -2.37. The van der Waals surface area contributed by atoms with E-state index in [2.05, 4.69) is 55.5 Å². The van der Waals surface area contributed by atoms with Crippen molar-refractivity contribution in [2.24, 2.45) is 5.92 Å². The molecule has 0 saturated carbocycles. The van der Waals surface area contributed by atoms with E-state index in [9.17, 15) is 4.79 Å². The Bertz CT molecular complexity index is 851. The summed E-state index contributed by atoms with van der Waals surface area (Å²) in [6, 6.07) is 1.83. The molecule has 0 aliphatic heterocycles. The first-order chi connectivity index (χ1) is 15.6. The molecule has 0 aromatic heterocycles. The molecule has 0 aliphatic carbocycles. The van der Waals surface area contributed by atoms with E-state index < -0.39 is 5.54 Å². The van der Waals surface area contributed by atoms with Gasteiger partial charge in [-0.05, 0) is 78.1 Å². The van der Waals surface area contributed by atoms with Gasteiger partial charge in [0.15, 0.2) is 5.78 Å². The van der Waals surface area contributed by atoms with Gasteiger partial charge in [0, 0.05) is 11.3 Å². The Morgan fingerprint density at radius 2 is 1.91 bits per heavy atom. The summed E-state index contributed by atoms with van der Waals surface area (Å²) in [7, 11) is 0. The van der Waals surface area contributed by atoms with Crippen molar-refractivity contribution in [2.75, 3.05) is 0 Å². The second-order valence-electron chi connectivity index (χ2n) is 9.18. The number of allylic oxidation sites excluding steroid dienone is 2. The lowest BCUT2D eigenvalue weighted by Crippen LogP contribution is -2.50. The maximum Gasteiger partial charge on any atom is 0.155 e. The average molecular weight is 543 g/mol. The number of hydrogen-bond donors (Lipinski definition) is 1. The summed E-state index contributed by atoms with van der Waals surface area (Å²) in [5, 5.41) is 4.01. The van der Waals surface area contributed by atoms with Crippen molar-refractivity contribution in [1.29, 1.82) is 0 Å². The number of Topliss-reactive ketones (excluding diaryl/α,β-unsaturated/α-hetero) is 1. The third-order valence-electron chi connectivity index (χ3n) is 6.60. The molecule has 1 aromatic carbocycles. The third-order valence-corrected chi connectivity index (χ3v) is 7.90. The Kier molecular flexibility index (Phi) is 13.0. The molecule has 186 valence electrons. The number of nitrogens with one attached hydrogen (secondary N) is 1. The predicted molar refractivity (Wildman–Crippen MR) is 145 cm³/mol.